The monoisotopic (exact) mass is 328 g/mol. The molecule has 0 spiro atoms. The first-order valence-corrected chi connectivity index (χ1v) is 8.33. The highest BCUT2D eigenvalue weighted by molar-refractivity contribution is 5.97. The van der Waals surface area contributed by atoms with Gasteiger partial charge in [0.2, 0.25) is 5.91 Å². The van der Waals surface area contributed by atoms with E-state index in [9.17, 15) is 9.59 Å². The summed E-state index contributed by atoms with van der Waals surface area (Å²) in [6, 6.07) is 7.00. The minimum atomic E-state index is -0.111. The Bertz CT molecular complexity index is 653. The molecule has 1 aromatic carbocycles. The molecule has 6 nitrogen and oxygen atoms in total. The summed E-state index contributed by atoms with van der Waals surface area (Å²) in [5, 5.41) is 5.72. The molecule has 2 rings (SSSR count). The Hall–Kier alpha value is -2.63. The van der Waals surface area contributed by atoms with Crippen LogP contribution in [0.15, 0.2) is 43.0 Å². The van der Waals surface area contributed by atoms with Gasteiger partial charge in [0.15, 0.2) is 0 Å². The number of rotatable bonds is 9. The van der Waals surface area contributed by atoms with Crippen LogP contribution in [0.3, 0.4) is 0 Å². The second-order valence-electron chi connectivity index (χ2n) is 5.64. The maximum absolute atomic E-state index is 12.1. The first kappa shape index (κ1) is 17.7. The summed E-state index contributed by atoms with van der Waals surface area (Å²) in [6.07, 6.45) is 8.73. The molecule has 0 atom stereocenters. The van der Waals surface area contributed by atoms with E-state index in [2.05, 4.69) is 22.5 Å². The van der Waals surface area contributed by atoms with E-state index >= 15 is 0 Å². The highest BCUT2D eigenvalue weighted by Gasteiger charge is 2.07. The van der Waals surface area contributed by atoms with Gasteiger partial charge in [-0.15, -0.1) is 0 Å². The molecule has 2 aromatic rings. The first-order chi connectivity index (χ1) is 11.7. The van der Waals surface area contributed by atoms with Crippen LogP contribution in [0.4, 0.5) is 5.69 Å². The van der Waals surface area contributed by atoms with E-state index in [4.69, 9.17) is 0 Å². The molecule has 0 bridgehead atoms. The van der Waals surface area contributed by atoms with E-state index in [1.54, 1.807) is 36.8 Å². The number of carbonyl (C=O) groups excluding carboxylic acids is 2. The zero-order valence-corrected chi connectivity index (χ0v) is 14.0. The summed E-state index contributed by atoms with van der Waals surface area (Å²) in [6.45, 7) is 3.37. The summed E-state index contributed by atoms with van der Waals surface area (Å²) in [5.41, 5.74) is 1.19. The van der Waals surface area contributed by atoms with E-state index in [1.165, 1.54) is 0 Å². The van der Waals surface area contributed by atoms with Gasteiger partial charge in [-0.2, -0.15) is 0 Å². The molecule has 1 heterocycles. The normalized spacial score (nSPS) is 10.4. The number of nitrogens with zero attached hydrogens (tertiary/aromatic N) is 2. The van der Waals surface area contributed by atoms with Crippen LogP contribution in [-0.4, -0.2) is 27.9 Å². The fourth-order valence-electron chi connectivity index (χ4n) is 2.29. The van der Waals surface area contributed by atoms with E-state index in [0.29, 0.717) is 30.8 Å². The number of hydrogen-bond acceptors (Lipinski definition) is 3. The fraction of sp³-hybridized carbons (Fsp3) is 0.389. The van der Waals surface area contributed by atoms with Gasteiger partial charge in [-0.1, -0.05) is 25.8 Å². The summed E-state index contributed by atoms with van der Waals surface area (Å²) < 4.78 is 1.85. The van der Waals surface area contributed by atoms with Crippen LogP contribution < -0.4 is 10.6 Å². The molecule has 0 aliphatic heterocycles. The molecule has 1 aromatic heterocycles. The van der Waals surface area contributed by atoms with E-state index in [0.717, 1.165) is 19.3 Å². The highest BCUT2D eigenvalue weighted by Crippen LogP contribution is 2.11. The highest BCUT2D eigenvalue weighted by atomic mass is 16.2. The van der Waals surface area contributed by atoms with Gasteiger partial charge >= 0.3 is 0 Å². The van der Waals surface area contributed by atoms with Crippen LogP contribution >= 0.6 is 0 Å². The van der Waals surface area contributed by atoms with Crippen molar-refractivity contribution in [3.63, 3.8) is 0 Å². The van der Waals surface area contributed by atoms with Gasteiger partial charge in [0, 0.05) is 43.2 Å². The van der Waals surface area contributed by atoms with E-state index < -0.39 is 0 Å². The molecule has 0 saturated heterocycles. The smallest absolute Gasteiger partial charge is 0.251 e. The second-order valence-corrected chi connectivity index (χ2v) is 5.64. The zero-order chi connectivity index (χ0) is 17.2. The van der Waals surface area contributed by atoms with Gasteiger partial charge in [0.25, 0.3) is 5.91 Å². The predicted molar refractivity (Wildman–Crippen MR) is 93.8 cm³/mol. The largest absolute Gasteiger partial charge is 0.352 e. The number of aromatic nitrogens is 2. The topological polar surface area (TPSA) is 76.0 Å². The Kier molecular flexibility index (Phi) is 7.01. The summed E-state index contributed by atoms with van der Waals surface area (Å²) in [4.78, 5) is 28.0. The summed E-state index contributed by atoms with van der Waals surface area (Å²) >= 11 is 0. The third-order valence-electron chi connectivity index (χ3n) is 3.63. The fourth-order valence-corrected chi connectivity index (χ4v) is 2.29. The average Bonchev–Trinajstić information content (AvgIpc) is 3.10. The maximum Gasteiger partial charge on any atom is 0.251 e. The van der Waals surface area contributed by atoms with Gasteiger partial charge in [-0.25, -0.2) is 4.98 Å². The van der Waals surface area contributed by atoms with Gasteiger partial charge in [0.1, 0.15) is 0 Å². The van der Waals surface area contributed by atoms with Crippen molar-refractivity contribution in [3.05, 3.63) is 48.5 Å². The summed E-state index contributed by atoms with van der Waals surface area (Å²) in [5.74, 6) is -0.204. The number of amides is 2. The Labute approximate surface area is 142 Å². The number of aryl methyl sites for hydroxylation is 1. The van der Waals surface area contributed by atoms with Crippen LogP contribution in [0.25, 0.3) is 0 Å². The summed E-state index contributed by atoms with van der Waals surface area (Å²) in [7, 11) is 0. The third-order valence-corrected chi connectivity index (χ3v) is 3.63. The Morgan fingerprint density at radius 2 is 2.12 bits per heavy atom. The van der Waals surface area contributed by atoms with Crippen LogP contribution in [0.2, 0.25) is 0 Å². The number of hydrogen-bond donors (Lipinski definition) is 2. The molecule has 0 saturated carbocycles. The van der Waals surface area contributed by atoms with Crippen molar-refractivity contribution < 1.29 is 9.59 Å². The number of carbonyl (C=O) groups is 2. The van der Waals surface area contributed by atoms with Crippen molar-refractivity contribution >= 4 is 17.5 Å². The van der Waals surface area contributed by atoms with Gasteiger partial charge in [-0.05, 0) is 24.6 Å². The number of imidazole rings is 1. The first-order valence-electron chi connectivity index (χ1n) is 8.33. The minimum Gasteiger partial charge on any atom is -0.352 e. The van der Waals surface area contributed by atoms with Crippen LogP contribution in [-0.2, 0) is 11.3 Å². The van der Waals surface area contributed by atoms with Crippen LogP contribution in [0.5, 0.6) is 0 Å². The molecule has 24 heavy (non-hydrogen) atoms. The SMILES string of the molecule is CCCCCNC(=O)c1cccc(NC(=O)CCn2ccnc2)c1. The number of nitrogens with one attached hydrogen (secondary N) is 2. The standard InChI is InChI=1S/C18H24N4O2/c1-2-3-4-9-20-18(24)15-6-5-7-16(13-15)21-17(23)8-11-22-12-10-19-14-22/h5-7,10,12-14H,2-4,8-9,11H2,1H3,(H,20,24)(H,21,23). The molecule has 0 radical (unpaired) electrons. The van der Waals surface area contributed by atoms with Crippen molar-refractivity contribution in [2.75, 3.05) is 11.9 Å². The minimum absolute atomic E-state index is 0.0933. The number of benzene rings is 1. The molecular weight excluding hydrogens is 304 g/mol. The zero-order valence-electron chi connectivity index (χ0n) is 14.0. The molecule has 128 valence electrons. The molecule has 2 N–H and O–H groups in total. The maximum atomic E-state index is 12.1. The van der Waals surface area contributed by atoms with E-state index in [1.807, 2.05) is 10.8 Å². The second kappa shape index (κ2) is 9.50. The molecule has 0 aliphatic carbocycles. The lowest BCUT2D eigenvalue weighted by molar-refractivity contribution is -0.116. The Morgan fingerprint density at radius 3 is 2.88 bits per heavy atom. The Morgan fingerprint density at radius 1 is 1.25 bits per heavy atom. The van der Waals surface area contributed by atoms with Crippen LogP contribution in [0.1, 0.15) is 43.0 Å². The van der Waals surface area contributed by atoms with Gasteiger partial charge < -0.3 is 15.2 Å². The van der Waals surface area contributed by atoms with Crippen molar-refractivity contribution in [2.45, 2.75) is 39.2 Å². The molecule has 6 heteroatoms. The predicted octanol–water partition coefficient (Wildman–Crippen LogP) is 2.83. The van der Waals surface area contributed by atoms with Crippen LogP contribution in [0, 0.1) is 0 Å². The number of anilines is 1. The van der Waals surface area contributed by atoms with Crippen molar-refractivity contribution in [1.82, 2.24) is 14.9 Å². The van der Waals surface area contributed by atoms with Crippen molar-refractivity contribution in [1.29, 1.82) is 0 Å². The molecule has 0 fully saturated rings. The van der Waals surface area contributed by atoms with E-state index in [-0.39, 0.29) is 11.8 Å². The molecule has 2 amide bonds. The molecule has 0 unspecified atom stereocenters. The molecule has 0 aliphatic rings. The lowest BCUT2D eigenvalue weighted by Gasteiger charge is -2.08. The van der Waals surface area contributed by atoms with Gasteiger partial charge in [-0.3, -0.25) is 9.59 Å². The Balaban J connectivity index is 1.82. The molecular formula is C18H24N4O2. The lowest BCUT2D eigenvalue weighted by Crippen LogP contribution is -2.24. The average molecular weight is 328 g/mol. The quantitative estimate of drug-likeness (QED) is 0.695. The lowest BCUT2D eigenvalue weighted by atomic mass is 10.1. The van der Waals surface area contributed by atoms with Gasteiger partial charge in [0.05, 0.1) is 6.33 Å². The number of unbranched alkanes of at least 4 members (excludes halogenated alkanes) is 2. The van der Waals surface area contributed by atoms with Crippen molar-refractivity contribution in [2.24, 2.45) is 0 Å². The third kappa shape index (κ3) is 5.87. The van der Waals surface area contributed by atoms with Crippen molar-refractivity contribution in [3.8, 4) is 0 Å².